The molecule has 5 heteroatoms. The van der Waals surface area contributed by atoms with E-state index in [0.717, 1.165) is 30.6 Å². The second kappa shape index (κ2) is 5.60. The van der Waals surface area contributed by atoms with E-state index in [1.807, 2.05) is 19.1 Å². The fraction of sp³-hybridized carbons (Fsp3) is 0.375. The van der Waals surface area contributed by atoms with Crippen LogP contribution in [0.25, 0.3) is 0 Å². The summed E-state index contributed by atoms with van der Waals surface area (Å²) >= 11 is 0. The third kappa shape index (κ3) is 2.91. The Bertz CT molecular complexity index is 657. The normalized spacial score (nSPS) is 17.1. The van der Waals surface area contributed by atoms with Crippen molar-refractivity contribution >= 4 is 11.6 Å². The van der Waals surface area contributed by atoms with E-state index >= 15 is 0 Å². The first kappa shape index (κ1) is 13.7. The summed E-state index contributed by atoms with van der Waals surface area (Å²) < 4.78 is 5.20. The molecule has 0 aliphatic heterocycles. The third-order valence-electron chi connectivity index (χ3n) is 3.82. The van der Waals surface area contributed by atoms with Crippen LogP contribution in [0, 0.1) is 6.92 Å². The van der Waals surface area contributed by atoms with Crippen LogP contribution >= 0.6 is 0 Å². The van der Waals surface area contributed by atoms with Crippen molar-refractivity contribution in [3.05, 3.63) is 41.1 Å². The predicted octanol–water partition coefficient (Wildman–Crippen LogP) is 2.87. The molecule has 1 unspecified atom stereocenters. The van der Waals surface area contributed by atoms with Gasteiger partial charge in [-0.05, 0) is 49.4 Å². The number of benzene rings is 1. The highest BCUT2D eigenvalue weighted by atomic mass is 16.5. The number of nitrogens with zero attached hydrogens (tertiary/aromatic N) is 2. The number of fused-ring (bicyclic) bond motifs is 1. The summed E-state index contributed by atoms with van der Waals surface area (Å²) in [5, 5.41) is 3.43. The second-order valence-electron chi connectivity index (χ2n) is 5.42. The van der Waals surface area contributed by atoms with Gasteiger partial charge in [-0.3, -0.25) is 0 Å². The van der Waals surface area contributed by atoms with Crippen LogP contribution < -0.4 is 15.8 Å². The number of nitrogen functional groups attached to an aromatic ring is 1. The molecule has 0 radical (unpaired) electrons. The first-order valence-corrected chi connectivity index (χ1v) is 7.20. The summed E-state index contributed by atoms with van der Waals surface area (Å²) in [5.74, 6) is 1.19. The number of aromatic nitrogens is 2. The fourth-order valence-corrected chi connectivity index (χ4v) is 2.85. The SMILES string of the molecule is COc1cc(C)nc(NC2CCCc3cc(N)ccc32)n1. The molecule has 1 aromatic carbocycles. The Hall–Kier alpha value is -2.30. The van der Waals surface area contributed by atoms with E-state index in [9.17, 15) is 0 Å². The molecule has 5 nitrogen and oxygen atoms in total. The molecule has 0 saturated carbocycles. The highest BCUT2D eigenvalue weighted by Gasteiger charge is 2.21. The highest BCUT2D eigenvalue weighted by molar-refractivity contribution is 5.48. The van der Waals surface area contributed by atoms with Crippen molar-refractivity contribution in [1.29, 1.82) is 0 Å². The van der Waals surface area contributed by atoms with Crippen molar-refractivity contribution in [3.8, 4) is 5.88 Å². The molecule has 0 spiro atoms. The lowest BCUT2D eigenvalue weighted by Gasteiger charge is -2.26. The summed E-state index contributed by atoms with van der Waals surface area (Å²) in [6, 6.07) is 8.17. The Morgan fingerprint density at radius 2 is 2.14 bits per heavy atom. The maximum atomic E-state index is 5.88. The molecule has 1 aliphatic carbocycles. The zero-order chi connectivity index (χ0) is 14.8. The van der Waals surface area contributed by atoms with Crippen molar-refractivity contribution in [2.45, 2.75) is 32.2 Å². The van der Waals surface area contributed by atoms with E-state index in [-0.39, 0.29) is 6.04 Å². The van der Waals surface area contributed by atoms with Crippen LogP contribution in [-0.4, -0.2) is 17.1 Å². The summed E-state index contributed by atoms with van der Waals surface area (Å²) in [4.78, 5) is 8.81. The van der Waals surface area contributed by atoms with Crippen LogP contribution in [0.5, 0.6) is 5.88 Å². The average molecular weight is 284 g/mol. The second-order valence-corrected chi connectivity index (χ2v) is 5.42. The van der Waals surface area contributed by atoms with Gasteiger partial charge >= 0.3 is 0 Å². The standard InChI is InChI=1S/C16H20N4O/c1-10-8-15(21-2)20-16(18-10)19-14-5-3-4-11-9-12(17)6-7-13(11)14/h6-9,14H,3-5,17H2,1-2H3,(H,18,19,20). The van der Waals surface area contributed by atoms with Crippen LogP contribution in [0.2, 0.25) is 0 Å². The van der Waals surface area contributed by atoms with E-state index in [1.165, 1.54) is 11.1 Å². The quantitative estimate of drug-likeness (QED) is 0.848. The number of hydrogen-bond acceptors (Lipinski definition) is 5. The molecule has 1 aliphatic rings. The smallest absolute Gasteiger partial charge is 0.226 e. The van der Waals surface area contributed by atoms with Gasteiger partial charge in [0, 0.05) is 17.4 Å². The predicted molar refractivity (Wildman–Crippen MR) is 83.5 cm³/mol. The number of anilines is 2. The van der Waals surface area contributed by atoms with Crippen LogP contribution in [0.15, 0.2) is 24.3 Å². The van der Waals surface area contributed by atoms with Gasteiger partial charge in [0.15, 0.2) is 0 Å². The first-order valence-electron chi connectivity index (χ1n) is 7.20. The lowest BCUT2D eigenvalue weighted by atomic mass is 9.87. The van der Waals surface area contributed by atoms with E-state index in [1.54, 1.807) is 7.11 Å². The first-order chi connectivity index (χ1) is 10.2. The Balaban J connectivity index is 1.88. The molecule has 3 N–H and O–H groups in total. The van der Waals surface area contributed by atoms with Crippen LogP contribution in [0.1, 0.15) is 35.7 Å². The van der Waals surface area contributed by atoms with Gasteiger partial charge in [0.25, 0.3) is 0 Å². The van der Waals surface area contributed by atoms with Crippen LogP contribution in [0.4, 0.5) is 11.6 Å². The number of hydrogen-bond donors (Lipinski definition) is 2. The van der Waals surface area contributed by atoms with Crippen molar-refractivity contribution in [1.82, 2.24) is 9.97 Å². The van der Waals surface area contributed by atoms with E-state index in [2.05, 4.69) is 27.4 Å². The summed E-state index contributed by atoms with van der Waals surface area (Å²) in [7, 11) is 1.62. The van der Waals surface area contributed by atoms with Crippen molar-refractivity contribution in [3.63, 3.8) is 0 Å². The number of ether oxygens (including phenoxy) is 1. The van der Waals surface area contributed by atoms with Crippen LogP contribution in [-0.2, 0) is 6.42 Å². The lowest BCUT2D eigenvalue weighted by Crippen LogP contribution is -2.19. The molecule has 110 valence electrons. The van der Waals surface area contributed by atoms with E-state index in [4.69, 9.17) is 10.5 Å². The zero-order valence-electron chi connectivity index (χ0n) is 12.4. The molecule has 0 amide bonds. The largest absolute Gasteiger partial charge is 0.481 e. The Labute approximate surface area is 124 Å². The maximum Gasteiger partial charge on any atom is 0.226 e. The number of rotatable bonds is 3. The zero-order valence-corrected chi connectivity index (χ0v) is 12.4. The van der Waals surface area contributed by atoms with Crippen molar-refractivity contribution in [2.24, 2.45) is 0 Å². The third-order valence-corrected chi connectivity index (χ3v) is 3.82. The molecule has 21 heavy (non-hydrogen) atoms. The summed E-state index contributed by atoms with van der Waals surface area (Å²) in [6.45, 7) is 1.94. The molecule has 1 heterocycles. The molecular formula is C16H20N4O. The molecule has 1 aromatic heterocycles. The minimum Gasteiger partial charge on any atom is -0.481 e. The van der Waals surface area contributed by atoms with Crippen LogP contribution in [0.3, 0.4) is 0 Å². The summed E-state index contributed by atoms with van der Waals surface area (Å²) in [5.41, 5.74) is 10.2. The minimum atomic E-state index is 0.223. The van der Waals surface area contributed by atoms with Gasteiger partial charge in [0.1, 0.15) is 0 Å². The van der Waals surface area contributed by atoms with E-state index in [0.29, 0.717) is 11.8 Å². The van der Waals surface area contributed by atoms with Gasteiger partial charge < -0.3 is 15.8 Å². The monoisotopic (exact) mass is 284 g/mol. The number of aryl methyl sites for hydroxylation is 2. The average Bonchev–Trinajstić information content (AvgIpc) is 2.46. The van der Waals surface area contributed by atoms with Gasteiger partial charge in [-0.2, -0.15) is 4.98 Å². The van der Waals surface area contributed by atoms with Crippen molar-refractivity contribution < 1.29 is 4.74 Å². The van der Waals surface area contributed by atoms with E-state index < -0.39 is 0 Å². The Kier molecular flexibility index (Phi) is 3.64. The van der Waals surface area contributed by atoms with Gasteiger partial charge in [0.2, 0.25) is 11.8 Å². The lowest BCUT2D eigenvalue weighted by molar-refractivity contribution is 0.396. The van der Waals surface area contributed by atoms with Gasteiger partial charge in [-0.15, -0.1) is 0 Å². The maximum absolute atomic E-state index is 5.88. The van der Waals surface area contributed by atoms with Gasteiger partial charge in [-0.1, -0.05) is 6.07 Å². The number of methoxy groups -OCH3 is 1. The molecular weight excluding hydrogens is 264 g/mol. The van der Waals surface area contributed by atoms with Crippen molar-refractivity contribution in [2.75, 3.05) is 18.2 Å². The Morgan fingerprint density at radius 1 is 1.29 bits per heavy atom. The molecule has 3 rings (SSSR count). The molecule has 2 aromatic rings. The molecule has 0 fully saturated rings. The van der Waals surface area contributed by atoms with Gasteiger partial charge in [0.05, 0.1) is 13.2 Å². The molecule has 0 bridgehead atoms. The topological polar surface area (TPSA) is 73.1 Å². The molecule has 0 saturated heterocycles. The fourth-order valence-electron chi connectivity index (χ4n) is 2.85. The highest BCUT2D eigenvalue weighted by Crippen LogP contribution is 2.33. The number of nitrogens with two attached hydrogens (primary N) is 1. The number of nitrogens with one attached hydrogen (secondary N) is 1. The Morgan fingerprint density at radius 3 is 2.95 bits per heavy atom. The minimum absolute atomic E-state index is 0.223. The molecule has 1 atom stereocenters. The van der Waals surface area contributed by atoms with Gasteiger partial charge in [-0.25, -0.2) is 4.98 Å². The summed E-state index contributed by atoms with van der Waals surface area (Å²) in [6.07, 6.45) is 3.28.